The number of pyridine rings is 1. The van der Waals surface area contributed by atoms with Gasteiger partial charge in [0, 0.05) is 18.2 Å². The van der Waals surface area contributed by atoms with Crippen LogP contribution in [0, 0.1) is 5.92 Å². The van der Waals surface area contributed by atoms with Crippen molar-refractivity contribution in [3.8, 4) is 5.75 Å². The Balaban J connectivity index is 2.15. The van der Waals surface area contributed by atoms with Crippen molar-refractivity contribution in [2.75, 3.05) is 20.3 Å². The van der Waals surface area contributed by atoms with Crippen LogP contribution < -0.4 is 10.1 Å². The Hall–Kier alpha value is -1.13. The standard InChI is InChI=1S/C15H24N2O2/c1-4-5-17-15(13-6-11(2)19-10-13)12-7-14(18-3)9-16-8-12/h7-9,11,13,15,17H,4-6,10H2,1-3H3. The van der Waals surface area contributed by atoms with Crippen molar-refractivity contribution >= 4 is 0 Å². The molecule has 2 rings (SSSR count). The highest BCUT2D eigenvalue weighted by molar-refractivity contribution is 5.26. The lowest BCUT2D eigenvalue weighted by Gasteiger charge is -2.24. The predicted octanol–water partition coefficient (Wildman–Crippen LogP) is 2.56. The summed E-state index contributed by atoms with van der Waals surface area (Å²) in [5.74, 6) is 1.32. The van der Waals surface area contributed by atoms with E-state index in [1.165, 1.54) is 5.56 Å². The van der Waals surface area contributed by atoms with Crippen LogP contribution in [0.5, 0.6) is 5.75 Å². The van der Waals surface area contributed by atoms with Crippen molar-refractivity contribution in [2.24, 2.45) is 5.92 Å². The molecule has 0 radical (unpaired) electrons. The minimum Gasteiger partial charge on any atom is -0.495 e. The number of hydrogen-bond donors (Lipinski definition) is 1. The third kappa shape index (κ3) is 3.67. The van der Waals surface area contributed by atoms with Crippen molar-refractivity contribution in [1.82, 2.24) is 10.3 Å². The Morgan fingerprint density at radius 2 is 2.37 bits per heavy atom. The van der Waals surface area contributed by atoms with E-state index in [1.54, 1.807) is 13.3 Å². The minimum absolute atomic E-state index is 0.299. The number of nitrogens with zero attached hydrogens (tertiary/aromatic N) is 1. The summed E-state index contributed by atoms with van der Waals surface area (Å²) in [7, 11) is 1.68. The lowest BCUT2D eigenvalue weighted by Crippen LogP contribution is -2.29. The molecule has 1 saturated heterocycles. The fraction of sp³-hybridized carbons (Fsp3) is 0.667. The van der Waals surface area contributed by atoms with Crippen LogP contribution in [0.1, 0.15) is 38.3 Å². The maximum atomic E-state index is 5.71. The maximum Gasteiger partial charge on any atom is 0.137 e. The molecule has 0 bridgehead atoms. The van der Waals surface area contributed by atoms with Crippen LogP contribution in [-0.2, 0) is 4.74 Å². The summed E-state index contributed by atoms with van der Waals surface area (Å²) in [5, 5.41) is 3.62. The van der Waals surface area contributed by atoms with Gasteiger partial charge in [-0.1, -0.05) is 6.92 Å². The molecule has 0 aliphatic carbocycles. The monoisotopic (exact) mass is 264 g/mol. The Kier molecular flexibility index (Phi) is 5.16. The fourth-order valence-electron chi connectivity index (χ4n) is 2.66. The van der Waals surface area contributed by atoms with Crippen LogP contribution >= 0.6 is 0 Å². The van der Waals surface area contributed by atoms with Crippen molar-refractivity contribution in [3.63, 3.8) is 0 Å². The highest BCUT2D eigenvalue weighted by Gasteiger charge is 2.30. The molecular weight excluding hydrogens is 240 g/mol. The summed E-state index contributed by atoms with van der Waals surface area (Å²) in [4.78, 5) is 4.27. The highest BCUT2D eigenvalue weighted by atomic mass is 16.5. The zero-order valence-corrected chi connectivity index (χ0v) is 12.1. The second-order valence-corrected chi connectivity index (χ2v) is 5.23. The molecular formula is C15H24N2O2. The molecule has 0 aromatic carbocycles. The summed E-state index contributed by atoms with van der Waals surface area (Å²) >= 11 is 0. The molecule has 1 aromatic rings. The van der Waals surface area contributed by atoms with Crippen LogP contribution in [0.15, 0.2) is 18.5 Å². The zero-order valence-electron chi connectivity index (χ0n) is 12.1. The Labute approximate surface area is 115 Å². The van der Waals surface area contributed by atoms with Crippen LogP contribution in [0.25, 0.3) is 0 Å². The lowest BCUT2D eigenvalue weighted by atomic mass is 9.91. The van der Waals surface area contributed by atoms with Crippen LogP contribution in [0.3, 0.4) is 0 Å². The van der Waals surface area contributed by atoms with E-state index in [0.29, 0.717) is 18.1 Å². The predicted molar refractivity (Wildman–Crippen MR) is 75.3 cm³/mol. The molecule has 0 amide bonds. The number of ether oxygens (including phenoxy) is 2. The van der Waals surface area contributed by atoms with Gasteiger partial charge in [-0.3, -0.25) is 4.98 Å². The smallest absolute Gasteiger partial charge is 0.137 e. The molecule has 4 heteroatoms. The third-order valence-corrected chi connectivity index (χ3v) is 3.64. The molecule has 1 aromatic heterocycles. The van der Waals surface area contributed by atoms with Crippen LogP contribution in [0.4, 0.5) is 0 Å². The van der Waals surface area contributed by atoms with Gasteiger partial charge in [0.1, 0.15) is 5.75 Å². The Morgan fingerprint density at radius 1 is 1.53 bits per heavy atom. The van der Waals surface area contributed by atoms with Gasteiger partial charge < -0.3 is 14.8 Å². The first-order valence-electron chi connectivity index (χ1n) is 7.08. The van der Waals surface area contributed by atoms with Crippen molar-refractivity contribution < 1.29 is 9.47 Å². The molecule has 1 aliphatic heterocycles. The molecule has 1 fully saturated rings. The van der Waals surface area contributed by atoms with Gasteiger partial charge in [0.15, 0.2) is 0 Å². The van der Waals surface area contributed by atoms with E-state index >= 15 is 0 Å². The van der Waals surface area contributed by atoms with Crippen LogP contribution in [0.2, 0.25) is 0 Å². The molecule has 3 atom stereocenters. The van der Waals surface area contributed by atoms with E-state index < -0.39 is 0 Å². The molecule has 0 spiro atoms. The molecule has 19 heavy (non-hydrogen) atoms. The molecule has 0 saturated carbocycles. The quantitative estimate of drug-likeness (QED) is 0.857. The molecule has 2 heterocycles. The van der Waals surface area contributed by atoms with Crippen molar-refractivity contribution in [3.05, 3.63) is 24.0 Å². The fourth-order valence-corrected chi connectivity index (χ4v) is 2.66. The van der Waals surface area contributed by atoms with Gasteiger partial charge in [-0.05, 0) is 37.9 Å². The lowest BCUT2D eigenvalue weighted by molar-refractivity contribution is 0.117. The van der Waals surface area contributed by atoms with E-state index in [1.807, 2.05) is 6.20 Å². The summed E-state index contributed by atoms with van der Waals surface area (Å²) in [6.45, 7) is 6.15. The average Bonchev–Trinajstić information content (AvgIpc) is 2.86. The van der Waals surface area contributed by atoms with Gasteiger partial charge in [-0.2, -0.15) is 0 Å². The average molecular weight is 264 g/mol. The van der Waals surface area contributed by atoms with E-state index in [-0.39, 0.29) is 0 Å². The number of rotatable bonds is 6. The first-order valence-corrected chi connectivity index (χ1v) is 7.08. The topological polar surface area (TPSA) is 43.4 Å². The molecule has 1 N–H and O–H groups in total. The Bertz CT molecular complexity index is 397. The molecule has 3 unspecified atom stereocenters. The van der Waals surface area contributed by atoms with Crippen LogP contribution in [-0.4, -0.2) is 31.3 Å². The van der Waals surface area contributed by atoms with Gasteiger partial charge in [0.2, 0.25) is 0 Å². The minimum atomic E-state index is 0.299. The molecule has 4 nitrogen and oxygen atoms in total. The normalized spacial score (nSPS) is 24.4. The second kappa shape index (κ2) is 6.87. The maximum absolute atomic E-state index is 5.71. The van der Waals surface area contributed by atoms with Gasteiger partial charge in [0.05, 0.1) is 26.0 Å². The van der Waals surface area contributed by atoms with Crippen molar-refractivity contribution in [2.45, 2.75) is 38.8 Å². The third-order valence-electron chi connectivity index (χ3n) is 3.64. The van der Waals surface area contributed by atoms with E-state index in [2.05, 4.69) is 30.2 Å². The molecule has 106 valence electrons. The number of nitrogens with one attached hydrogen (secondary N) is 1. The number of methoxy groups -OCH3 is 1. The highest BCUT2D eigenvalue weighted by Crippen LogP contribution is 2.32. The second-order valence-electron chi connectivity index (χ2n) is 5.23. The summed E-state index contributed by atoms with van der Waals surface area (Å²) < 4.78 is 11.0. The SMILES string of the molecule is CCCNC(c1cncc(OC)c1)C1COC(C)C1. The van der Waals surface area contributed by atoms with E-state index in [4.69, 9.17) is 9.47 Å². The van der Waals surface area contributed by atoms with E-state index in [0.717, 1.165) is 31.7 Å². The number of aromatic nitrogens is 1. The first kappa shape index (κ1) is 14.3. The summed E-state index contributed by atoms with van der Waals surface area (Å²) in [6.07, 6.45) is 6.25. The molecule has 1 aliphatic rings. The summed E-state index contributed by atoms with van der Waals surface area (Å²) in [6, 6.07) is 2.37. The van der Waals surface area contributed by atoms with Gasteiger partial charge in [-0.25, -0.2) is 0 Å². The Morgan fingerprint density at radius 3 is 3.00 bits per heavy atom. The van der Waals surface area contributed by atoms with Gasteiger partial charge in [-0.15, -0.1) is 0 Å². The van der Waals surface area contributed by atoms with Crippen molar-refractivity contribution in [1.29, 1.82) is 0 Å². The largest absolute Gasteiger partial charge is 0.495 e. The van der Waals surface area contributed by atoms with Gasteiger partial charge >= 0.3 is 0 Å². The zero-order chi connectivity index (χ0) is 13.7. The number of hydrogen-bond acceptors (Lipinski definition) is 4. The van der Waals surface area contributed by atoms with Gasteiger partial charge in [0.25, 0.3) is 0 Å². The first-order chi connectivity index (χ1) is 9.24. The summed E-state index contributed by atoms with van der Waals surface area (Å²) in [5.41, 5.74) is 1.19. The van der Waals surface area contributed by atoms with E-state index in [9.17, 15) is 0 Å².